The summed E-state index contributed by atoms with van der Waals surface area (Å²) in [5, 5.41) is 0. The summed E-state index contributed by atoms with van der Waals surface area (Å²) in [5.41, 5.74) is 2.77. The zero-order valence-corrected chi connectivity index (χ0v) is 9.14. The number of rotatable bonds is 3. The van der Waals surface area contributed by atoms with Gasteiger partial charge in [-0.15, -0.1) is 11.8 Å². The number of fused-ring (bicyclic) bond motifs is 1. The minimum atomic E-state index is 0.360. The Balaban J connectivity index is 2.23. The van der Waals surface area contributed by atoms with E-state index in [1.54, 1.807) is 0 Å². The molecule has 2 rings (SSSR count). The van der Waals surface area contributed by atoms with E-state index in [9.17, 15) is 4.79 Å². The SMILES string of the molecule is CC(CC=O)c1ccc2c(c1)SCC2. The van der Waals surface area contributed by atoms with Crippen molar-refractivity contribution < 1.29 is 4.79 Å². The van der Waals surface area contributed by atoms with Crippen LogP contribution in [0.2, 0.25) is 0 Å². The fourth-order valence-corrected chi connectivity index (χ4v) is 2.89. The third kappa shape index (κ3) is 1.85. The number of carbonyl (C=O) groups excluding carboxylic acids is 1. The predicted octanol–water partition coefficient (Wildman–Crippen LogP) is 3.03. The maximum absolute atomic E-state index is 10.4. The highest BCUT2D eigenvalue weighted by Crippen LogP contribution is 2.33. The standard InChI is InChI=1S/C12H14OS/c1-9(4-6-13)11-3-2-10-5-7-14-12(10)8-11/h2-3,6,8-9H,4-5,7H2,1H3. The summed E-state index contributed by atoms with van der Waals surface area (Å²) in [7, 11) is 0. The van der Waals surface area contributed by atoms with E-state index in [0.717, 1.165) is 6.29 Å². The number of aryl methyl sites for hydroxylation is 1. The molecule has 0 radical (unpaired) electrons. The van der Waals surface area contributed by atoms with Gasteiger partial charge < -0.3 is 4.79 Å². The van der Waals surface area contributed by atoms with Crippen LogP contribution in [0.15, 0.2) is 23.1 Å². The highest BCUT2D eigenvalue weighted by Gasteiger charge is 2.13. The van der Waals surface area contributed by atoms with Crippen molar-refractivity contribution in [1.82, 2.24) is 0 Å². The molecule has 1 aliphatic rings. The van der Waals surface area contributed by atoms with Gasteiger partial charge in [-0.2, -0.15) is 0 Å². The van der Waals surface area contributed by atoms with E-state index >= 15 is 0 Å². The fourth-order valence-electron chi connectivity index (χ4n) is 1.77. The molecule has 0 aliphatic carbocycles. The van der Waals surface area contributed by atoms with Crippen LogP contribution in [0.25, 0.3) is 0 Å². The quantitative estimate of drug-likeness (QED) is 0.707. The molecule has 1 aliphatic heterocycles. The lowest BCUT2D eigenvalue weighted by atomic mass is 9.97. The van der Waals surface area contributed by atoms with E-state index in [1.807, 2.05) is 11.8 Å². The van der Waals surface area contributed by atoms with E-state index in [2.05, 4.69) is 25.1 Å². The van der Waals surface area contributed by atoms with Crippen LogP contribution in [-0.2, 0) is 11.2 Å². The molecule has 0 amide bonds. The first kappa shape index (κ1) is 9.78. The zero-order valence-electron chi connectivity index (χ0n) is 8.32. The van der Waals surface area contributed by atoms with Crippen LogP contribution in [0.4, 0.5) is 0 Å². The molecule has 1 aromatic rings. The summed E-state index contributed by atoms with van der Waals surface area (Å²) in [4.78, 5) is 11.8. The van der Waals surface area contributed by atoms with Crippen LogP contribution in [0.5, 0.6) is 0 Å². The first-order chi connectivity index (χ1) is 6.81. The van der Waals surface area contributed by atoms with Crippen molar-refractivity contribution in [3.8, 4) is 0 Å². The third-order valence-electron chi connectivity index (χ3n) is 2.74. The first-order valence-corrected chi connectivity index (χ1v) is 5.99. The smallest absolute Gasteiger partial charge is 0.120 e. The van der Waals surface area contributed by atoms with Gasteiger partial charge in [0.2, 0.25) is 0 Å². The molecule has 0 aromatic heterocycles. The van der Waals surface area contributed by atoms with E-state index in [-0.39, 0.29) is 0 Å². The Bertz CT molecular complexity index is 346. The summed E-state index contributed by atoms with van der Waals surface area (Å²) in [5.74, 6) is 1.57. The molecule has 1 nitrogen and oxygen atoms in total. The molecule has 0 bridgehead atoms. The van der Waals surface area contributed by atoms with Crippen LogP contribution in [0, 0.1) is 0 Å². The highest BCUT2D eigenvalue weighted by molar-refractivity contribution is 7.99. The van der Waals surface area contributed by atoms with E-state index in [4.69, 9.17) is 0 Å². The number of benzene rings is 1. The molecule has 0 saturated heterocycles. The molecule has 1 aromatic carbocycles. The number of aldehydes is 1. The van der Waals surface area contributed by atoms with Gasteiger partial charge in [-0.1, -0.05) is 19.1 Å². The van der Waals surface area contributed by atoms with Crippen molar-refractivity contribution in [2.24, 2.45) is 0 Å². The lowest BCUT2D eigenvalue weighted by Crippen LogP contribution is -1.94. The van der Waals surface area contributed by atoms with Gasteiger partial charge >= 0.3 is 0 Å². The van der Waals surface area contributed by atoms with Crippen LogP contribution in [-0.4, -0.2) is 12.0 Å². The van der Waals surface area contributed by atoms with Crippen molar-refractivity contribution in [2.75, 3.05) is 5.75 Å². The second kappa shape index (κ2) is 4.18. The number of thioether (sulfide) groups is 1. The Morgan fingerprint density at radius 1 is 1.57 bits per heavy atom. The van der Waals surface area contributed by atoms with Gasteiger partial charge in [-0.05, 0) is 29.5 Å². The first-order valence-electron chi connectivity index (χ1n) is 5.00. The Morgan fingerprint density at radius 3 is 3.21 bits per heavy atom. The monoisotopic (exact) mass is 206 g/mol. The van der Waals surface area contributed by atoms with Gasteiger partial charge in [-0.25, -0.2) is 0 Å². The van der Waals surface area contributed by atoms with Gasteiger partial charge in [0.05, 0.1) is 0 Å². The Hall–Kier alpha value is -0.760. The van der Waals surface area contributed by atoms with Crippen LogP contribution >= 0.6 is 11.8 Å². The molecule has 1 atom stereocenters. The average Bonchev–Trinajstić information content (AvgIpc) is 2.64. The number of hydrogen-bond acceptors (Lipinski definition) is 2. The fraction of sp³-hybridized carbons (Fsp3) is 0.417. The molecule has 0 N–H and O–H groups in total. The normalized spacial score (nSPS) is 16.4. The molecular weight excluding hydrogens is 192 g/mol. The van der Waals surface area contributed by atoms with Crippen LogP contribution in [0.3, 0.4) is 0 Å². The van der Waals surface area contributed by atoms with Gasteiger partial charge in [0.25, 0.3) is 0 Å². The zero-order chi connectivity index (χ0) is 9.97. The van der Waals surface area contributed by atoms with Crippen molar-refractivity contribution in [3.63, 3.8) is 0 Å². The minimum absolute atomic E-state index is 0.360. The molecule has 1 heterocycles. The van der Waals surface area contributed by atoms with Crippen molar-refractivity contribution in [2.45, 2.75) is 30.6 Å². The lowest BCUT2D eigenvalue weighted by molar-refractivity contribution is -0.108. The maximum atomic E-state index is 10.4. The van der Waals surface area contributed by atoms with E-state index in [0.29, 0.717) is 12.3 Å². The molecule has 2 heteroatoms. The number of hydrogen-bond donors (Lipinski definition) is 0. The molecule has 0 spiro atoms. The van der Waals surface area contributed by atoms with Crippen LogP contribution in [0.1, 0.15) is 30.4 Å². The van der Waals surface area contributed by atoms with Gasteiger partial charge in [0.15, 0.2) is 0 Å². The molecule has 14 heavy (non-hydrogen) atoms. The second-order valence-corrected chi connectivity index (χ2v) is 4.91. The third-order valence-corrected chi connectivity index (χ3v) is 3.84. The summed E-state index contributed by atoms with van der Waals surface area (Å²) < 4.78 is 0. The summed E-state index contributed by atoms with van der Waals surface area (Å²) in [6.07, 6.45) is 2.83. The topological polar surface area (TPSA) is 17.1 Å². The largest absolute Gasteiger partial charge is 0.303 e. The van der Waals surface area contributed by atoms with Gasteiger partial charge in [0.1, 0.15) is 6.29 Å². The maximum Gasteiger partial charge on any atom is 0.120 e. The summed E-state index contributed by atoms with van der Waals surface area (Å²) in [6.45, 7) is 2.11. The molecular formula is C12H14OS. The molecule has 0 saturated carbocycles. The van der Waals surface area contributed by atoms with Crippen LogP contribution < -0.4 is 0 Å². The molecule has 74 valence electrons. The average molecular weight is 206 g/mol. The summed E-state index contributed by atoms with van der Waals surface area (Å²) in [6, 6.07) is 6.63. The lowest BCUT2D eigenvalue weighted by Gasteiger charge is -2.09. The van der Waals surface area contributed by atoms with Crippen molar-refractivity contribution in [1.29, 1.82) is 0 Å². The van der Waals surface area contributed by atoms with E-state index in [1.165, 1.54) is 28.2 Å². The second-order valence-electron chi connectivity index (χ2n) is 3.77. The predicted molar refractivity (Wildman–Crippen MR) is 60.0 cm³/mol. The Morgan fingerprint density at radius 2 is 2.43 bits per heavy atom. The van der Waals surface area contributed by atoms with Gasteiger partial charge in [-0.3, -0.25) is 0 Å². The summed E-state index contributed by atoms with van der Waals surface area (Å²) >= 11 is 1.93. The Labute approximate surface area is 88.9 Å². The van der Waals surface area contributed by atoms with Gasteiger partial charge in [0, 0.05) is 17.1 Å². The Kier molecular flexibility index (Phi) is 2.92. The number of carbonyl (C=O) groups is 1. The molecule has 1 unspecified atom stereocenters. The molecule has 0 fully saturated rings. The van der Waals surface area contributed by atoms with Crippen molar-refractivity contribution in [3.05, 3.63) is 29.3 Å². The highest BCUT2D eigenvalue weighted by atomic mass is 32.2. The van der Waals surface area contributed by atoms with E-state index < -0.39 is 0 Å². The minimum Gasteiger partial charge on any atom is -0.303 e. The van der Waals surface area contributed by atoms with Crippen molar-refractivity contribution >= 4 is 18.0 Å².